The summed E-state index contributed by atoms with van der Waals surface area (Å²) in [6.45, 7) is 17.0. The van der Waals surface area contributed by atoms with E-state index in [1.54, 1.807) is 11.1 Å². The molecule has 1 aliphatic rings. The summed E-state index contributed by atoms with van der Waals surface area (Å²) in [5, 5.41) is 0.315. The maximum Gasteiger partial charge on any atom is 0.191 e. The molecular weight excluding hydrogens is 260 g/mol. The number of hydrogen-bond donors (Lipinski definition) is 0. The van der Waals surface area contributed by atoms with Gasteiger partial charge in [0.2, 0.25) is 0 Å². The van der Waals surface area contributed by atoms with Crippen LogP contribution in [-0.4, -0.2) is 14.9 Å². The lowest BCUT2D eigenvalue weighted by Crippen LogP contribution is -2.41. The van der Waals surface area contributed by atoms with Crippen molar-refractivity contribution in [1.82, 2.24) is 0 Å². The second kappa shape index (κ2) is 7.08. The van der Waals surface area contributed by atoms with Crippen LogP contribution in [0.3, 0.4) is 0 Å². The lowest BCUT2D eigenvalue weighted by atomic mass is 10.1. The summed E-state index contributed by atoms with van der Waals surface area (Å²) in [6.07, 6.45) is 9.62. The van der Waals surface area contributed by atoms with Gasteiger partial charge in [0.05, 0.1) is 0 Å². The topological polar surface area (TPSA) is 9.23 Å². The molecule has 1 nitrogen and oxygen atoms in total. The fourth-order valence-electron chi connectivity index (χ4n) is 2.45. The Morgan fingerprint density at radius 2 is 1.80 bits per heavy atom. The van der Waals surface area contributed by atoms with Crippen LogP contribution in [0.15, 0.2) is 23.3 Å². The highest BCUT2D eigenvalue weighted by molar-refractivity contribution is 6.74. The Hall–Kier alpha value is -0.343. The molecule has 1 atom stereocenters. The van der Waals surface area contributed by atoms with Gasteiger partial charge >= 0.3 is 0 Å². The maximum atomic E-state index is 6.41. The Kier molecular flexibility index (Phi) is 6.27. The van der Waals surface area contributed by atoms with Crippen molar-refractivity contribution in [3.05, 3.63) is 23.3 Å². The molecule has 0 spiro atoms. The monoisotopic (exact) mass is 294 g/mol. The van der Waals surface area contributed by atoms with Crippen molar-refractivity contribution < 1.29 is 4.43 Å². The fourth-order valence-corrected chi connectivity index (χ4v) is 3.54. The van der Waals surface area contributed by atoms with Gasteiger partial charge in [0.25, 0.3) is 0 Å². The molecule has 2 heteroatoms. The molecule has 1 fully saturated rings. The third-order valence-electron chi connectivity index (χ3n) is 4.94. The first-order chi connectivity index (χ1) is 9.21. The second-order valence-electron chi connectivity index (χ2n) is 7.68. The predicted octanol–water partition coefficient (Wildman–Crippen LogP) is 6.09. The molecule has 0 bridgehead atoms. The Morgan fingerprint density at radius 3 is 2.30 bits per heavy atom. The third-order valence-corrected chi connectivity index (χ3v) is 9.44. The molecule has 20 heavy (non-hydrogen) atoms. The Labute approximate surface area is 127 Å². The summed E-state index contributed by atoms with van der Waals surface area (Å²) in [4.78, 5) is 0. The van der Waals surface area contributed by atoms with Gasteiger partial charge in [-0.3, -0.25) is 0 Å². The first-order valence-electron chi connectivity index (χ1n) is 8.19. The SMILES string of the molecule is C/C=C1\CC(CO[Si](C)(C)C(C)(C)C)C\C1=C/CCC. The van der Waals surface area contributed by atoms with Gasteiger partial charge in [-0.15, -0.1) is 0 Å². The van der Waals surface area contributed by atoms with E-state index < -0.39 is 8.32 Å². The average Bonchev–Trinajstić information content (AvgIpc) is 2.75. The molecule has 0 heterocycles. The van der Waals surface area contributed by atoms with Crippen LogP contribution in [0.4, 0.5) is 0 Å². The van der Waals surface area contributed by atoms with E-state index in [0.29, 0.717) is 11.0 Å². The molecule has 0 radical (unpaired) electrons. The minimum absolute atomic E-state index is 0.315. The van der Waals surface area contributed by atoms with Crippen molar-refractivity contribution in [2.24, 2.45) is 5.92 Å². The molecule has 0 saturated heterocycles. The first kappa shape index (κ1) is 17.7. The minimum atomic E-state index is -1.59. The van der Waals surface area contributed by atoms with Gasteiger partial charge in [0.1, 0.15) is 0 Å². The molecule has 0 aromatic heterocycles. The van der Waals surface area contributed by atoms with Crippen LogP contribution >= 0.6 is 0 Å². The molecule has 1 aliphatic carbocycles. The van der Waals surface area contributed by atoms with Crippen molar-refractivity contribution in [1.29, 1.82) is 0 Å². The van der Waals surface area contributed by atoms with Gasteiger partial charge in [-0.2, -0.15) is 0 Å². The van der Waals surface area contributed by atoms with Crippen molar-refractivity contribution in [2.75, 3.05) is 6.61 Å². The Balaban J connectivity index is 2.60. The number of unbranched alkanes of at least 4 members (excludes halogenated alkanes) is 1. The van der Waals surface area contributed by atoms with Crippen LogP contribution in [0.1, 0.15) is 60.3 Å². The molecule has 116 valence electrons. The summed E-state index contributed by atoms with van der Waals surface area (Å²) >= 11 is 0. The zero-order valence-electron chi connectivity index (χ0n) is 14.7. The zero-order valence-corrected chi connectivity index (χ0v) is 15.7. The molecule has 0 aliphatic heterocycles. The smallest absolute Gasteiger partial charge is 0.191 e. The van der Waals surface area contributed by atoms with Gasteiger partial charge in [-0.05, 0) is 61.4 Å². The fraction of sp³-hybridized carbons (Fsp3) is 0.778. The molecular formula is C18H34OSi. The van der Waals surface area contributed by atoms with Crippen LogP contribution in [0.2, 0.25) is 18.1 Å². The highest BCUT2D eigenvalue weighted by atomic mass is 28.4. The zero-order chi connectivity index (χ0) is 15.4. The van der Waals surface area contributed by atoms with Crippen LogP contribution in [0.25, 0.3) is 0 Å². The van der Waals surface area contributed by atoms with Gasteiger partial charge in [0, 0.05) is 6.61 Å². The highest BCUT2D eigenvalue weighted by Crippen LogP contribution is 2.40. The van der Waals surface area contributed by atoms with Gasteiger partial charge in [0.15, 0.2) is 8.32 Å². The molecule has 0 N–H and O–H groups in total. The third kappa shape index (κ3) is 4.59. The summed E-state index contributed by atoms with van der Waals surface area (Å²) in [5.41, 5.74) is 3.14. The van der Waals surface area contributed by atoms with E-state index in [4.69, 9.17) is 4.43 Å². The van der Waals surface area contributed by atoms with Crippen LogP contribution < -0.4 is 0 Å². The standard InChI is InChI=1S/C18H34OSi/c1-8-10-11-17-13-15(12-16(17)9-2)14-19-20(6,7)18(3,4)5/h9,11,15H,8,10,12-14H2,1-7H3/b16-9+,17-11+. The van der Waals surface area contributed by atoms with E-state index in [9.17, 15) is 0 Å². The van der Waals surface area contributed by atoms with Crippen LogP contribution in [0, 0.1) is 5.92 Å². The maximum absolute atomic E-state index is 6.41. The molecule has 0 aromatic rings. The summed E-state index contributed by atoms with van der Waals surface area (Å²) in [5.74, 6) is 0.693. The quantitative estimate of drug-likeness (QED) is 0.557. The van der Waals surface area contributed by atoms with Gasteiger partial charge in [-0.1, -0.05) is 46.3 Å². The molecule has 1 saturated carbocycles. The molecule has 1 unspecified atom stereocenters. The second-order valence-corrected chi connectivity index (χ2v) is 12.5. The van der Waals surface area contributed by atoms with Crippen molar-refractivity contribution in [3.63, 3.8) is 0 Å². The van der Waals surface area contributed by atoms with Crippen molar-refractivity contribution in [3.8, 4) is 0 Å². The van der Waals surface area contributed by atoms with Crippen LogP contribution in [0.5, 0.6) is 0 Å². The lowest BCUT2D eigenvalue weighted by Gasteiger charge is -2.37. The van der Waals surface area contributed by atoms with Crippen molar-refractivity contribution >= 4 is 8.32 Å². The number of allylic oxidation sites excluding steroid dienone is 4. The summed E-state index contributed by atoms with van der Waals surface area (Å²) in [7, 11) is -1.59. The summed E-state index contributed by atoms with van der Waals surface area (Å²) < 4.78 is 6.41. The van der Waals surface area contributed by atoms with E-state index in [-0.39, 0.29) is 0 Å². The molecule has 1 rings (SSSR count). The average molecular weight is 295 g/mol. The van der Waals surface area contributed by atoms with E-state index >= 15 is 0 Å². The van der Waals surface area contributed by atoms with Gasteiger partial charge in [-0.25, -0.2) is 0 Å². The Morgan fingerprint density at radius 1 is 1.20 bits per heavy atom. The van der Waals surface area contributed by atoms with Crippen molar-refractivity contribution in [2.45, 2.75) is 78.4 Å². The van der Waals surface area contributed by atoms with Gasteiger partial charge < -0.3 is 4.43 Å². The van der Waals surface area contributed by atoms with E-state index in [2.05, 4.69) is 59.9 Å². The largest absolute Gasteiger partial charge is 0.417 e. The number of rotatable bonds is 5. The van der Waals surface area contributed by atoms with E-state index in [0.717, 1.165) is 6.61 Å². The van der Waals surface area contributed by atoms with E-state index in [1.807, 2.05) is 0 Å². The normalized spacial score (nSPS) is 24.9. The highest BCUT2D eigenvalue weighted by Gasteiger charge is 2.38. The first-order valence-corrected chi connectivity index (χ1v) is 11.1. The number of hydrogen-bond acceptors (Lipinski definition) is 1. The predicted molar refractivity (Wildman–Crippen MR) is 92.6 cm³/mol. The summed E-state index contributed by atoms with van der Waals surface area (Å²) in [6, 6.07) is 0. The Bertz CT molecular complexity index is 371. The minimum Gasteiger partial charge on any atom is -0.417 e. The molecule has 0 amide bonds. The lowest BCUT2D eigenvalue weighted by molar-refractivity contribution is 0.234. The molecule has 0 aromatic carbocycles. The van der Waals surface area contributed by atoms with Crippen LogP contribution in [-0.2, 0) is 4.43 Å². The van der Waals surface area contributed by atoms with E-state index in [1.165, 1.54) is 25.7 Å².